The first-order valence-corrected chi connectivity index (χ1v) is 6.90. The second kappa shape index (κ2) is 7.55. The Kier molecular flexibility index (Phi) is 5.73. The molecule has 0 amide bonds. The van der Waals surface area contributed by atoms with Crippen LogP contribution in [0.1, 0.15) is 5.76 Å². The average molecular weight is 316 g/mol. The van der Waals surface area contributed by atoms with E-state index in [0.717, 1.165) is 5.76 Å². The van der Waals surface area contributed by atoms with Crippen LogP contribution in [0.4, 0.5) is 0 Å². The normalized spacial score (nSPS) is 12.3. The van der Waals surface area contributed by atoms with E-state index in [-0.39, 0.29) is 6.61 Å². The third-order valence-electron chi connectivity index (χ3n) is 2.59. The lowest BCUT2D eigenvalue weighted by Crippen LogP contribution is -2.31. The summed E-state index contributed by atoms with van der Waals surface area (Å²) in [4.78, 5) is 0. The third-order valence-corrected chi connectivity index (χ3v) is 3.33. The summed E-state index contributed by atoms with van der Waals surface area (Å²) < 4.78 is 10.6. The van der Waals surface area contributed by atoms with Gasteiger partial charge < -0.3 is 19.6 Å². The summed E-state index contributed by atoms with van der Waals surface area (Å²) in [6.07, 6.45) is 0.986. The van der Waals surface area contributed by atoms with Crippen LogP contribution in [0.2, 0.25) is 10.0 Å². The van der Waals surface area contributed by atoms with E-state index in [1.807, 2.05) is 12.1 Å². The third kappa shape index (κ3) is 4.72. The molecule has 1 heterocycles. The highest BCUT2D eigenvalue weighted by Crippen LogP contribution is 2.26. The molecule has 2 aromatic rings. The van der Waals surface area contributed by atoms with Gasteiger partial charge in [0.05, 0.1) is 22.9 Å². The first kappa shape index (κ1) is 15.2. The number of rotatable bonds is 7. The Bertz CT molecular complexity index is 531. The zero-order chi connectivity index (χ0) is 14.4. The zero-order valence-electron chi connectivity index (χ0n) is 10.7. The van der Waals surface area contributed by atoms with Crippen LogP contribution in [0.5, 0.6) is 5.75 Å². The second-order valence-electron chi connectivity index (χ2n) is 4.25. The number of aliphatic hydroxyl groups excluding tert-OH is 1. The van der Waals surface area contributed by atoms with Crippen LogP contribution in [0.15, 0.2) is 41.0 Å². The molecular weight excluding hydrogens is 301 g/mol. The van der Waals surface area contributed by atoms with Crippen LogP contribution in [-0.2, 0) is 6.54 Å². The molecule has 0 aliphatic carbocycles. The van der Waals surface area contributed by atoms with E-state index in [4.69, 9.17) is 32.4 Å². The SMILES string of the molecule is OC(CNCc1ccco1)COc1ccc(Cl)c(Cl)c1. The highest BCUT2D eigenvalue weighted by molar-refractivity contribution is 6.42. The van der Waals surface area contributed by atoms with Crippen LogP contribution in [0.3, 0.4) is 0 Å². The summed E-state index contributed by atoms with van der Waals surface area (Å²) in [5.41, 5.74) is 0. The molecule has 1 aromatic carbocycles. The van der Waals surface area contributed by atoms with Crippen LogP contribution in [0.25, 0.3) is 0 Å². The van der Waals surface area contributed by atoms with Crippen molar-refractivity contribution >= 4 is 23.2 Å². The Morgan fingerprint density at radius 1 is 1.25 bits per heavy atom. The van der Waals surface area contributed by atoms with E-state index >= 15 is 0 Å². The number of ether oxygens (including phenoxy) is 1. The lowest BCUT2D eigenvalue weighted by Gasteiger charge is -2.13. The molecule has 0 aliphatic rings. The molecule has 1 atom stereocenters. The van der Waals surface area contributed by atoms with E-state index in [1.54, 1.807) is 24.5 Å². The van der Waals surface area contributed by atoms with Gasteiger partial charge in [0.1, 0.15) is 24.2 Å². The summed E-state index contributed by atoms with van der Waals surface area (Å²) in [5, 5.41) is 13.8. The largest absolute Gasteiger partial charge is 0.491 e. The standard InChI is InChI=1S/C14H15Cl2NO3/c15-13-4-3-11(6-14(13)16)20-9-10(18)7-17-8-12-2-1-5-19-12/h1-6,10,17-18H,7-9H2. The van der Waals surface area contributed by atoms with Gasteiger partial charge in [-0.2, -0.15) is 0 Å². The van der Waals surface area contributed by atoms with Crippen molar-refractivity contribution in [2.45, 2.75) is 12.6 Å². The highest BCUT2D eigenvalue weighted by atomic mass is 35.5. The van der Waals surface area contributed by atoms with Crippen molar-refractivity contribution in [3.63, 3.8) is 0 Å². The number of hydrogen-bond acceptors (Lipinski definition) is 4. The first-order valence-electron chi connectivity index (χ1n) is 6.14. The minimum atomic E-state index is -0.626. The number of hydrogen-bond donors (Lipinski definition) is 2. The molecule has 2 rings (SSSR count). The lowest BCUT2D eigenvalue weighted by molar-refractivity contribution is 0.106. The molecule has 6 heteroatoms. The average Bonchev–Trinajstić information content (AvgIpc) is 2.93. The number of halogens is 2. The molecule has 0 fully saturated rings. The molecule has 1 unspecified atom stereocenters. The van der Waals surface area contributed by atoms with Crippen molar-refractivity contribution in [1.29, 1.82) is 0 Å². The number of benzene rings is 1. The summed E-state index contributed by atoms with van der Waals surface area (Å²) in [6.45, 7) is 1.14. The molecule has 0 bridgehead atoms. The summed E-state index contributed by atoms with van der Waals surface area (Å²) >= 11 is 11.7. The van der Waals surface area contributed by atoms with Crippen molar-refractivity contribution in [1.82, 2.24) is 5.32 Å². The Morgan fingerprint density at radius 2 is 2.10 bits per heavy atom. The van der Waals surface area contributed by atoms with E-state index in [2.05, 4.69) is 5.32 Å². The van der Waals surface area contributed by atoms with Gasteiger partial charge >= 0.3 is 0 Å². The van der Waals surface area contributed by atoms with Crippen molar-refractivity contribution in [2.24, 2.45) is 0 Å². The predicted octanol–water partition coefficient (Wildman–Crippen LogP) is 3.12. The smallest absolute Gasteiger partial charge is 0.121 e. The topological polar surface area (TPSA) is 54.6 Å². The maximum Gasteiger partial charge on any atom is 0.121 e. The van der Waals surface area contributed by atoms with Gasteiger partial charge in [-0.3, -0.25) is 0 Å². The van der Waals surface area contributed by atoms with Gasteiger partial charge in [-0.05, 0) is 24.3 Å². The van der Waals surface area contributed by atoms with Crippen LogP contribution in [0, 0.1) is 0 Å². The fraction of sp³-hybridized carbons (Fsp3) is 0.286. The maximum atomic E-state index is 9.79. The van der Waals surface area contributed by atoms with Gasteiger partial charge in [-0.1, -0.05) is 23.2 Å². The maximum absolute atomic E-state index is 9.79. The van der Waals surface area contributed by atoms with Gasteiger partial charge in [-0.15, -0.1) is 0 Å². The minimum absolute atomic E-state index is 0.170. The molecule has 0 spiro atoms. The van der Waals surface area contributed by atoms with Gasteiger partial charge in [0.2, 0.25) is 0 Å². The molecule has 4 nitrogen and oxygen atoms in total. The second-order valence-corrected chi connectivity index (χ2v) is 5.07. The van der Waals surface area contributed by atoms with Gasteiger partial charge in [0.15, 0.2) is 0 Å². The summed E-state index contributed by atoms with van der Waals surface area (Å²) in [6, 6.07) is 8.66. The summed E-state index contributed by atoms with van der Waals surface area (Å²) in [7, 11) is 0. The Labute approximate surface area is 127 Å². The predicted molar refractivity (Wildman–Crippen MR) is 78.4 cm³/mol. The molecule has 2 N–H and O–H groups in total. The zero-order valence-corrected chi connectivity index (χ0v) is 12.2. The number of nitrogens with one attached hydrogen (secondary N) is 1. The Balaban J connectivity index is 1.69. The molecule has 20 heavy (non-hydrogen) atoms. The van der Waals surface area contributed by atoms with Crippen LogP contribution < -0.4 is 10.1 Å². The van der Waals surface area contributed by atoms with Crippen molar-refractivity contribution in [3.05, 3.63) is 52.4 Å². The van der Waals surface area contributed by atoms with Crippen LogP contribution in [-0.4, -0.2) is 24.4 Å². The van der Waals surface area contributed by atoms with Gasteiger partial charge in [-0.25, -0.2) is 0 Å². The fourth-order valence-electron chi connectivity index (χ4n) is 1.59. The van der Waals surface area contributed by atoms with Crippen molar-refractivity contribution in [3.8, 4) is 5.75 Å². The summed E-state index contributed by atoms with van der Waals surface area (Å²) in [5.74, 6) is 1.40. The van der Waals surface area contributed by atoms with E-state index < -0.39 is 6.10 Å². The van der Waals surface area contributed by atoms with E-state index in [9.17, 15) is 5.11 Å². The van der Waals surface area contributed by atoms with Gasteiger partial charge in [0.25, 0.3) is 0 Å². The lowest BCUT2D eigenvalue weighted by atomic mass is 10.3. The van der Waals surface area contributed by atoms with Gasteiger partial charge in [0, 0.05) is 12.6 Å². The van der Waals surface area contributed by atoms with Crippen molar-refractivity contribution < 1.29 is 14.3 Å². The van der Waals surface area contributed by atoms with Crippen molar-refractivity contribution in [2.75, 3.05) is 13.2 Å². The van der Waals surface area contributed by atoms with E-state index in [1.165, 1.54) is 0 Å². The minimum Gasteiger partial charge on any atom is -0.491 e. The molecule has 0 radical (unpaired) electrons. The molecule has 1 aromatic heterocycles. The molecule has 0 aliphatic heterocycles. The fourth-order valence-corrected chi connectivity index (χ4v) is 1.88. The molecule has 0 saturated heterocycles. The van der Waals surface area contributed by atoms with E-state index in [0.29, 0.717) is 28.9 Å². The Morgan fingerprint density at radius 3 is 2.80 bits per heavy atom. The monoisotopic (exact) mass is 315 g/mol. The number of furan rings is 1. The molecule has 0 saturated carbocycles. The highest BCUT2D eigenvalue weighted by Gasteiger charge is 2.07. The number of aliphatic hydroxyl groups is 1. The Hall–Kier alpha value is -1.20. The quantitative estimate of drug-likeness (QED) is 0.824. The molecular formula is C14H15Cl2NO3. The first-order chi connectivity index (χ1) is 9.65. The van der Waals surface area contributed by atoms with Crippen LogP contribution >= 0.6 is 23.2 Å². The molecule has 108 valence electrons.